The summed E-state index contributed by atoms with van der Waals surface area (Å²) in [6.07, 6.45) is 4.50. The molecule has 7 heteroatoms. The van der Waals surface area contributed by atoms with E-state index in [1.807, 2.05) is 0 Å². The summed E-state index contributed by atoms with van der Waals surface area (Å²) in [5.74, 6) is 0.935. The summed E-state index contributed by atoms with van der Waals surface area (Å²) < 4.78 is 43.9. The number of nitrogens with zero attached hydrogens (tertiary/aromatic N) is 1. The summed E-state index contributed by atoms with van der Waals surface area (Å²) in [6.45, 7) is 0. The molecule has 1 aliphatic rings. The van der Waals surface area contributed by atoms with E-state index in [0.29, 0.717) is 22.6 Å². The van der Waals surface area contributed by atoms with Crippen molar-refractivity contribution in [1.29, 1.82) is 0 Å². The number of alkyl halides is 1. The molecule has 1 aliphatic carbocycles. The van der Waals surface area contributed by atoms with Crippen LogP contribution in [0.5, 0.6) is 11.5 Å². The molecule has 1 aromatic heterocycles. The van der Waals surface area contributed by atoms with Gasteiger partial charge in [-0.2, -0.15) is 0 Å². The number of aromatic nitrogens is 1. The van der Waals surface area contributed by atoms with Crippen LogP contribution in [-0.4, -0.2) is 25.8 Å². The summed E-state index contributed by atoms with van der Waals surface area (Å²) in [5.41, 5.74) is 0.964. The van der Waals surface area contributed by atoms with Crippen molar-refractivity contribution in [3.63, 3.8) is 0 Å². The van der Waals surface area contributed by atoms with Crippen LogP contribution in [0.3, 0.4) is 0 Å². The van der Waals surface area contributed by atoms with Crippen molar-refractivity contribution >= 4 is 25.8 Å². The lowest BCUT2D eigenvalue weighted by Gasteiger charge is -2.12. The highest BCUT2D eigenvalue weighted by atomic mass is 79.9. The van der Waals surface area contributed by atoms with Gasteiger partial charge in [0.2, 0.25) is 0 Å². The second kappa shape index (κ2) is 5.62. The fourth-order valence-corrected chi connectivity index (χ4v) is 3.70. The van der Waals surface area contributed by atoms with Crippen LogP contribution < -0.4 is 4.74 Å². The monoisotopic (exact) mass is 384 g/mol. The van der Waals surface area contributed by atoms with Crippen molar-refractivity contribution in [3.05, 3.63) is 52.6 Å². The van der Waals surface area contributed by atoms with E-state index in [9.17, 15) is 12.8 Å². The molecule has 1 heterocycles. The molecule has 0 N–H and O–H groups in total. The highest BCUT2D eigenvalue weighted by Crippen LogP contribution is 2.39. The average molecular weight is 385 g/mol. The van der Waals surface area contributed by atoms with E-state index in [1.165, 1.54) is 18.7 Å². The minimum atomic E-state index is -3.42. The molecule has 22 heavy (non-hydrogen) atoms. The zero-order valence-corrected chi connectivity index (χ0v) is 14.0. The van der Waals surface area contributed by atoms with Crippen molar-refractivity contribution in [1.82, 2.24) is 4.98 Å². The van der Waals surface area contributed by atoms with E-state index >= 15 is 0 Å². The number of benzene rings is 1. The molecule has 0 unspecified atom stereocenters. The first-order chi connectivity index (χ1) is 10.3. The van der Waals surface area contributed by atoms with Gasteiger partial charge in [0.15, 0.2) is 9.84 Å². The first-order valence-corrected chi connectivity index (χ1v) is 9.16. The van der Waals surface area contributed by atoms with Crippen LogP contribution in [0.15, 0.2) is 40.0 Å². The molecule has 115 valence electrons. The predicted octanol–water partition coefficient (Wildman–Crippen LogP) is 3.49. The Morgan fingerprint density at radius 2 is 2.14 bits per heavy atom. The van der Waals surface area contributed by atoms with Gasteiger partial charge in [-0.05, 0) is 39.7 Å². The Kier molecular flexibility index (Phi) is 3.94. The molecule has 1 aromatic carbocycles. The molecule has 0 aliphatic heterocycles. The first kappa shape index (κ1) is 15.4. The number of rotatable bonds is 3. The molecule has 0 spiro atoms. The fourth-order valence-electron chi connectivity index (χ4n) is 2.45. The Hall–Kier alpha value is -1.47. The van der Waals surface area contributed by atoms with Crippen LogP contribution in [0.2, 0.25) is 0 Å². The van der Waals surface area contributed by atoms with E-state index in [-0.39, 0.29) is 11.3 Å². The largest absolute Gasteiger partial charge is 0.455 e. The maximum atomic E-state index is 13.7. The van der Waals surface area contributed by atoms with Crippen molar-refractivity contribution < 1.29 is 17.5 Å². The molecular formula is C15H12BrFNO3S. The summed E-state index contributed by atoms with van der Waals surface area (Å²) in [7, 11) is -3.42. The Morgan fingerprint density at radius 1 is 1.36 bits per heavy atom. The molecule has 1 radical (unpaired) electrons. The molecule has 4 nitrogen and oxygen atoms in total. The zero-order valence-electron chi connectivity index (χ0n) is 11.6. The molecule has 2 aromatic rings. The minimum absolute atomic E-state index is 0.107. The molecule has 3 rings (SSSR count). The van der Waals surface area contributed by atoms with Crippen LogP contribution in [-0.2, 0) is 16.3 Å². The third-order valence-corrected chi connectivity index (χ3v) is 4.92. The highest BCUT2D eigenvalue weighted by molar-refractivity contribution is 9.10. The summed E-state index contributed by atoms with van der Waals surface area (Å²) in [5, 5.41) is 0. The van der Waals surface area contributed by atoms with Gasteiger partial charge in [-0.3, -0.25) is 4.98 Å². The quantitative estimate of drug-likeness (QED) is 0.812. The summed E-state index contributed by atoms with van der Waals surface area (Å²) in [6, 6.07) is 4.74. The first-order valence-electron chi connectivity index (χ1n) is 6.48. The van der Waals surface area contributed by atoms with Gasteiger partial charge in [-0.15, -0.1) is 0 Å². The number of fused-ring (bicyclic) bond motifs is 1. The van der Waals surface area contributed by atoms with Gasteiger partial charge < -0.3 is 4.74 Å². The second-order valence-electron chi connectivity index (χ2n) is 5.05. The van der Waals surface area contributed by atoms with Gasteiger partial charge >= 0.3 is 0 Å². The predicted molar refractivity (Wildman–Crippen MR) is 83.6 cm³/mol. The van der Waals surface area contributed by atoms with E-state index < -0.39 is 16.0 Å². The maximum absolute atomic E-state index is 13.7. The van der Waals surface area contributed by atoms with Gasteiger partial charge in [0.05, 0.1) is 11.1 Å². The SMILES string of the molecule is CS(=O)(=O)c1ccc(Oc2cncc(Br)c2)c2c1[CH][C@@H](F)C2. The van der Waals surface area contributed by atoms with Crippen molar-refractivity contribution in [2.24, 2.45) is 0 Å². The van der Waals surface area contributed by atoms with Gasteiger partial charge in [-0.1, -0.05) is 0 Å². The Balaban J connectivity index is 2.06. The lowest BCUT2D eigenvalue weighted by Crippen LogP contribution is -2.03. The third kappa shape index (κ3) is 3.01. The number of ether oxygens (including phenoxy) is 1. The van der Waals surface area contributed by atoms with Crippen LogP contribution in [0.4, 0.5) is 4.39 Å². The number of hydrogen-bond donors (Lipinski definition) is 0. The van der Waals surface area contributed by atoms with Crippen LogP contribution in [0, 0.1) is 6.42 Å². The summed E-state index contributed by atoms with van der Waals surface area (Å²) >= 11 is 3.30. The normalized spacial score (nSPS) is 17.3. The Bertz CT molecular complexity index is 839. The second-order valence-corrected chi connectivity index (χ2v) is 7.95. The van der Waals surface area contributed by atoms with E-state index in [1.54, 1.807) is 18.3 Å². The zero-order chi connectivity index (χ0) is 15.9. The van der Waals surface area contributed by atoms with Crippen LogP contribution in [0.25, 0.3) is 0 Å². The van der Waals surface area contributed by atoms with Gasteiger partial charge in [0.1, 0.15) is 17.7 Å². The number of hydrogen-bond acceptors (Lipinski definition) is 4. The van der Waals surface area contributed by atoms with Crippen molar-refractivity contribution in [3.8, 4) is 11.5 Å². The topological polar surface area (TPSA) is 56.3 Å². The van der Waals surface area contributed by atoms with Crippen LogP contribution in [0.1, 0.15) is 11.1 Å². The molecule has 0 bridgehead atoms. The summed E-state index contributed by atoms with van der Waals surface area (Å²) in [4.78, 5) is 4.12. The maximum Gasteiger partial charge on any atom is 0.175 e. The van der Waals surface area contributed by atoms with Crippen molar-refractivity contribution in [2.75, 3.05) is 6.26 Å². The lowest BCUT2D eigenvalue weighted by atomic mass is 10.1. The number of halogens is 2. The van der Waals surface area contributed by atoms with Gasteiger partial charge in [-0.25, -0.2) is 12.8 Å². The molecule has 0 saturated heterocycles. The molecule has 1 atom stereocenters. The standard InChI is InChI=1S/C15H12BrFNO3S/c1-22(19,20)15-3-2-14(12-5-10(17)6-13(12)15)21-11-4-9(16)7-18-8-11/h2-4,6-8,10H,5H2,1H3/t10-/m0/s1. The molecule has 0 fully saturated rings. The van der Waals surface area contributed by atoms with Crippen molar-refractivity contribution in [2.45, 2.75) is 17.5 Å². The van der Waals surface area contributed by atoms with Gasteiger partial charge in [0, 0.05) is 35.3 Å². The van der Waals surface area contributed by atoms with Gasteiger partial charge in [0.25, 0.3) is 0 Å². The average Bonchev–Trinajstić information content (AvgIpc) is 2.79. The Labute approximate surface area is 136 Å². The van der Waals surface area contributed by atoms with Crippen LogP contribution >= 0.6 is 15.9 Å². The van der Waals surface area contributed by atoms with E-state index in [0.717, 1.165) is 10.7 Å². The lowest BCUT2D eigenvalue weighted by molar-refractivity contribution is 0.389. The number of sulfone groups is 1. The molecular weight excluding hydrogens is 373 g/mol. The third-order valence-electron chi connectivity index (χ3n) is 3.33. The smallest absolute Gasteiger partial charge is 0.175 e. The molecule has 0 saturated carbocycles. The fraction of sp³-hybridized carbons (Fsp3) is 0.200. The number of pyridine rings is 1. The van der Waals surface area contributed by atoms with E-state index in [4.69, 9.17) is 4.74 Å². The minimum Gasteiger partial charge on any atom is -0.455 e. The highest BCUT2D eigenvalue weighted by Gasteiger charge is 2.30. The molecule has 0 amide bonds. The van der Waals surface area contributed by atoms with E-state index in [2.05, 4.69) is 20.9 Å². The Morgan fingerprint density at radius 3 is 2.82 bits per heavy atom.